The summed E-state index contributed by atoms with van der Waals surface area (Å²) in [6.45, 7) is 7.63. The molecule has 0 aromatic heterocycles. The number of ether oxygens (including phenoxy) is 2. The Hall–Kier alpha value is -1.56. The molecule has 7 atom stereocenters. The Balaban J connectivity index is 2.66. The molecule has 0 bridgehead atoms. The van der Waals surface area contributed by atoms with Gasteiger partial charge in [0.1, 0.15) is 30.5 Å². The Labute approximate surface area is 234 Å². The number of nitrogens with one attached hydrogen (secondary N) is 2. The van der Waals surface area contributed by atoms with Gasteiger partial charge in [-0.15, -0.1) is 0 Å². The van der Waals surface area contributed by atoms with Crippen molar-refractivity contribution in [2.24, 2.45) is 5.92 Å². The number of allylic oxidation sites excluding steroid dienone is 2. The van der Waals surface area contributed by atoms with Crippen molar-refractivity contribution in [2.45, 2.75) is 135 Å². The number of aliphatic hydroxyl groups excluding tert-OH is 4. The van der Waals surface area contributed by atoms with Crippen LogP contribution < -0.4 is 10.6 Å². The molecule has 0 aromatic rings. The zero-order chi connectivity index (χ0) is 29.2. The van der Waals surface area contributed by atoms with Gasteiger partial charge in [0.2, 0.25) is 11.8 Å². The molecule has 1 saturated heterocycles. The van der Waals surface area contributed by atoms with Crippen LogP contribution in [0.25, 0.3) is 0 Å². The van der Waals surface area contributed by atoms with Crippen LogP contribution in [0, 0.1) is 5.92 Å². The summed E-state index contributed by atoms with van der Waals surface area (Å²) in [4.78, 5) is 25.9. The van der Waals surface area contributed by atoms with Crippen LogP contribution in [0.2, 0.25) is 0 Å². The molecule has 0 spiro atoms. The second kappa shape index (κ2) is 20.3. The molecule has 0 aromatic carbocycles. The zero-order valence-electron chi connectivity index (χ0n) is 24.4. The number of rotatable bonds is 20. The molecular weight excluding hydrogens is 504 g/mol. The first-order valence-electron chi connectivity index (χ1n) is 14.8. The summed E-state index contributed by atoms with van der Waals surface area (Å²) >= 11 is 0. The minimum Gasteiger partial charge on any atom is -0.394 e. The predicted octanol–water partition coefficient (Wildman–Crippen LogP) is 2.32. The van der Waals surface area contributed by atoms with Gasteiger partial charge in [0.25, 0.3) is 0 Å². The number of amides is 2. The van der Waals surface area contributed by atoms with E-state index in [1.165, 1.54) is 37.7 Å². The minimum atomic E-state index is -1.59. The smallest absolute Gasteiger partial charge is 0.244 e. The van der Waals surface area contributed by atoms with Crippen LogP contribution in [-0.2, 0) is 19.1 Å². The van der Waals surface area contributed by atoms with E-state index in [1.54, 1.807) is 0 Å². The number of carbonyl (C=O) groups excluding carboxylic acids is 2. The van der Waals surface area contributed by atoms with E-state index in [1.807, 2.05) is 20.8 Å². The van der Waals surface area contributed by atoms with Crippen molar-refractivity contribution in [3.63, 3.8) is 0 Å². The fraction of sp³-hybridized carbons (Fsp3) is 0.862. The summed E-state index contributed by atoms with van der Waals surface area (Å²) in [7, 11) is 0. The van der Waals surface area contributed by atoms with E-state index in [-0.39, 0.29) is 18.4 Å². The summed E-state index contributed by atoms with van der Waals surface area (Å²) in [5, 5.41) is 45.3. The topological polar surface area (TPSA) is 158 Å². The monoisotopic (exact) mass is 558 g/mol. The molecule has 1 rings (SSSR count). The quantitative estimate of drug-likeness (QED) is 0.0982. The molecule has 2 amide bonds. The highest BCUT2D eigenvalue weighted by Gasteiger charge is 2.44. The molecule has 0 radical (unpaired) electrons. The Kier molecular flexibility index (Phi) is 18.5. The van der Waals surface area contributed by atoms with E-state index in [0.29, 0.717) is 13.0 Å². The van der Waals surface area contributed by atoms with Crippen LogP contribution in [0.4, 0.5) is 0 Å². The molecule has 39 heavy (non-hydrogen) atoms. The summed E-state index contributed by atoms with van der Waals surface area (Å²) in [6, 6.07) is -1.04. The van der Waals surface area contributed by atoms with Crippen LogP contribution in [-0.4, -0.2) is 88.7 Å². The molecule has 0 saturated carbocycles. The maximum Gasteiger partial charge on any atom is 0.244 e. The highest BCUT2D eigenvalue weighted by Crippen LogP contribution is 2.22. The summed E-state index contributed by atoms with van der Waals surface area (Å²) in [5.74, 6) is -1.00. The molecule has 228 valence electrons. The minimum absolute atomic E-state index is 0.281. The number of hydrogen-bond acceptors (Lipinski definition) is 8. The van der Waals surface area contributed by atoms with E-state index in [0.717, 1.165) is 32.1 Å². The Morgan fingerprint density at radius 3 is 2.18 bits per heavy atom. The van der Waals surface area contributed by atoms with Crippen LogP contribution in [0.1, 0.15) is 98.3 Å². The van der Waals surface area contributed by atoms with Crippen molar-refractivity contribution in [1.82, 2.24) is 10.6 Å². The predicted molar refractivity (Wildman–Crippen MR) is 150 cm³/mol. The maximum atomic E-state index is 13.0. The molecule has 1 aliphatic heterocycles. The average Bonchev–Trinajstić information content (AvgIpc) is 2.91. The van der Waals surface area contributed by atoms with E-state index in [2.05, 4.69) is 23.6 Å². The summed E-state index contributed by atoms with van der Waals surface area (Å²) < 4.78 is 11.0. The van der Waals surface area contributed by atoms with Gasteiger partial charge in [-0.05, 0) is 39.5 Å². The van der Waals surface area contributed by atoms with Gasteiger partial charge in [-0.1, -0.05) is 70.4 Å². The fourth-order valence-electron chi connectivity index (χ4n) is 4.43. The van der Waals surface area contributed by atoms with Gasteiger partial charge in [-0.25, -0.2) is 0 Å². The highest BCUT2D eigenvalue weighted by atomic mass is 16.7. The lowest BCUT2D eigenvalue weighted by atomic mass is 9.99. The largest absolute Gasteiger partial charge is 0.394 e. The molecular formula is C29H54N2O8. The molecule has 1 heterocycles. The third-order valence-electron chi connectivity index (χ3n) is 7.08. The van der Waals surface area contributed by atoms with Crippen molar-refractivity contribution in [3.8, 4) is 0 Å². The second-order valence-corrected chi connectivity index (χ2v) is 11.0. The molecule has 6 N–H and O–H groups in total. The third kappa shape index (κ3) is 14.1. The Bertz CT molecular complexity index is 713. The first kappa shape index (κ1) is 35.5. The molecule has 1 aliphatic rings. The van der Waals surface area contributed by atoms with Gasteiger partial charge in [0.15, 0.2) is 6.29 Å². The number of hydrogen-bond donors (Lipinski definition) is 6. The van der Waals surface area contributed by atoms with E-state index < -0.39 is 49.3 Å². The first-order chi connectivity index (χ1) is 18.6. The number of carbonyl (C=O) groups is 2. The lowest BCUT2D eigenvalue weighted by Crippen LogP contribution is -2.60. The summed E-state index contributed by atoms with van der Waals surface area (Å²) in [5.41, 5.74) is 1.23. The Morgan fingerprint density at radius 2 is 1.56 bits per heavy atom. The third-order valence-corrected chi connectivity index (χ3v) is 7.08. The molecule has 1 unspecified atom stereocenters. The molecule has 1 fully saturated rings. The van der Waals surface area contributed by atoms with Gasteiger partial charge in [0, 0.05) is 12.5 Å². The van der Waals surface area contributed by atoms with Crippen molar-refractivity contribution < 1.29 is 39.5 Å². The van der Waals surface area contributed by atoms with Crippen LogP contribution in [0.15, 0.2) is 11.6 Å². The van der Waals surface area contributed by atoms with Crippen molar-refractivity contribution in [3.05, 3.63) is 11.6 Å². The van der Waals surface area contributed by atoms with Crippen molar-refractivity contribution in [1.29, 1.82) is 0 Å². The first-order valence-corrected chi connectivity index (χ1v) is 14.8. The lowest BCUT2D eigenvalue weighted by molar-refractivity contribution is -0.301. The number of aliphatic hydroxyl groups is 4. The molecule has 10 nitrogen and oxygen atoms in total. The fourth-order valence-corrected chi connectivity index (χ4v) is 4.43. The average molecular weight is 559 g/mol. The van der Waals surface area contributed by atoms with E-state index in [9.17, 15) is 30.0 Å². The summed E-state index contributed by atoms with van der Waals surface area (Å²) in [6.07, 6.45) is 6.42. The van der Waals surface area contributed by atoms with E-state index >= 15 is 0 Å². The van der Waals surface area contributed by atoms with Gasteiger partial charge in [0.05, 0.1) is 13.2 Å². The molecule has 10 heteroatoms. The molecule has 0 aliphatic carbocycles. The maximum absolute atomic E-state index is 13.0. The number of unbranched alkanes of at least 4 members (excludes halogenated alkanes) is 8. The van der Waals surface area contributed by atoms with Crippen LogP contribution in [0.3, 0.4) is 0 Å². The zero-order valence-corrected chi connectivity index (χ0v) is 24.4. The Morgan fingerprint density at radius 1 is 0.923 bits per heavy atom. The highest BCUT2D eigenvalue weighted by molar-refractivity contribution is 5.88. The van der Waals surface area contributed by atoms with Crippen LogP contribution in [0.5, 0.6) is 0 Å². The standard InChI is InChI=1S/C29H54N2O8/c1-5-6-7-8-9-10-11-14-17-30-28(37)22(31-27(36)21(4)16-13-12-15-20(2)3)19-38-29-26(35)25(34)24(33)23(18-32)39-29/h15,21-26,29,32-35H,5-14,16-19H2,1-4H3,(H,30,37)(H,31,36)/t21?,22-,23+,24-,25-,26+,29-/m0/s1. The normalized spacial score (nSPS) is 24.6. The van der Waals surface area contributed by atoms with Crippen molar-refractivity contribution in [2.75, 3.05) is 19.8 Å². The lowest BCUT2D eigenvalue weighted by Gasteiger charge is -2.39. The van der Waals surface area contributed by atoms with Gasteiger partial charge < -0.3 is 40.5 Å². The van der Waals surface area contributed by atoms with E-state index in [4.69, 9.17) is 9.47 Å². The van der Waals surface area contributed by atoms with Gasteiger partial charge >= 0.3 is 0 Å². The van der Waals surface area contributed by atoms with Crippen molar-refractivity contribution >= 4 is 11.8 Å². The second-order valence-electron chi connectivity index (χ2n) is 11.0. The van der Waals surface area contributed by atoms with Gasteiger partial charge in [-0.3, -0.25) is 9.59 Å². The SMILES string of the molecule is CCCCCCCCCCNC(=O)[C@H](CO[C@H]1O[C@H](CO)[C@H](O)[C@H](O)[C@H]1O)NC(=O)C(C)CCCC=C(C)C. The van der Waals surface area contributed by atoms with Crippen LogP contribution >= 0.6 is 0 Å². The van der Waals surface area contributed by atoms with Gasteiger partial charge in [-0.2, -0.15) is 0 Å².